The second-order valence-corrected chi connectivity index (χ2v) is 13.8. The van der Waals surface area contributed by atoms with Gasteiger partial charge in [-0.1, -0.05) is 0 Å². The number of benzene rings is 1. The molecule has 12 heteroatoms. The van der Waals surface area contributed by atoms with Gasteiger partial charge in [-0.15, -0.1) is 0 Å². The van der Waals surface area contributed by atoms with E-state index in [-0.39, 0.29) is 24.3 Å². The maximum absolute atomic E-state index is 13.4. The summed E-state index contributed by atoms with van der Waals surface area (Å²) in [4.78, 5) is 69.3. The number of carbonyl (C=O) groups excluding carboxylic acids is 4. The summed E-state index contributed by atoms with van der Waals surface area (Å²) in [5, 5.41) is 2.53. The van der Waals surface area contributed by atoms with Crippen molar-refractivity contribution in [3.63, 3.8) is 0 Å². The maximum atomic E-state index is 13.4. The molecule has 2 amide bonds. The van der Waals surface area contributed by atoms with Gasteiger partial charge in [-0.3, -0.25) is 24.2 Å². The average molecular weight is 645 g/mol. The zero-order valence-corrected chi connectivity index (χ0v) is 27.9. The van der Waals surface area contributed by atoms with E-state index < -0.39 is 11.9 Å². The van der Waals surface area contributed by atoms with Crippen molar-refractivity contribution in [2.24, 2.45) is 11.8 Å². The molecule has 0 aliphatic carbocycles. The molecule has 252 valence electrons. The lowest BCUT2D eigenvalue weighted by atomic mass is 10.0. The fraction of sp³-hybridized carbons (Fsp3) is 0.600. The molecule has 5 heterocycles. The van der Waals surface area contributed by atoms with Crippen molar-refractivity contribution in [1.82, 2.24) is 30.0 Å². The van der Waals surface area contributed by atoms with E-state index in [0.29, 0.717) is 42.1 Å². The Labute approximate surface area is 277 Å². The molecular weight excluding hydrogens is 596 g/mol. The first-order valence-corrected chi connectivity index (χ1v) is 17.1. The van der Waals surface area contributed by atoms with E-state index in [2.05, 4.69) is 34.9 Å². The summed E-state index contributed by atoms with van der Waals surface area (Å²) >= 11 is 0. The highest BCUT2D eigenvalue weighted by atomic mass is 16.2. The molecule has 4 fully saturated rings. The molecule has 4 atom stereocenters. The molecule has 0 bridgehead atoms. The molecule has 0 spiro atoms. The van der Waals surface area contributed by atoms with E-state index in [0.717, 1.165) is 56.6 Å². The van der Waals surface area contributed by atoms with Gasteiger partial charge < -0.3 is 24.8 Å². The van der Waals surface area contributed by atoms with Crippen molar-refractivity contribution < 1.29 is 19.2 Å². The van der Waals surface area contributed by atoms with Crippen LogP contribution >= 0.6 is 0 Å². The first-order valence-electron chi connectivity index (χ1n) is 17.1. The second-order valence-electron chi connectivity index (χ2n) is 13.8. The summed E-state index contributed by atoms with van der Waals surface area (Å²) in [6, 6.07) is 7.65. The molecule has 4 saturated heterocycles. The Hall–Kier alpha value is -3.90. The van der Waals surface area contributed by atoms with Gasteiger partial charge in [0.1, 0.15) is 6.29 Å². The van der Waals surface area contributed by atoms with Crippen LogP contribution in [0.2, 0.25) is 0 Å². The molecule has 0 radical (unpaired) electrons. The third-order valence-corrected chi connectivity index (χ3v) is 10.9. The van der Waals surface area contributed by atoms with Crippen molar-refractivity contribution in [2.45, 2.75) is 57.2 Å². The highest BCUT2D eigenvalue weighted by molar-refractivity contribution is 6.03. The summed E-state index contributed by atoms with van der Waals surface area (Å²) in [7, 11) is 3.08. The third-order valence-electron chi connectivity index (χ3n) is 10.9. The van der Waals surface area contributed by atoms with Crippen LogP contribution < -0.4 is 15.1 Å². The molecule has 0 saturated carbocycles. The topological polar surface area (TPSA) is 122 Å². The van der Waals surface area contributed by atoms with Crippen LogP contribution in [0, 0.1) is 18.8 Å². The molecule has 4 unspecified atom stereocenters. The molecule has 4 aliphatic rings. The molecule has 1 aromatic carbocycles. The minimum Gasteiger partial charge on any atom is -0.368 e. The van der Waals surface area contributed by atoms with E-state index in [4.69, 9.17) is 0 Å². The largest absolute Gasteiger partial charge is 0.368 e. The summed E-state index contributed by atoms with van der Waals surface area (Å²) in [6.07, 6.45) is 7.21. The standard InChI is InChI=1S/C35H48N8O4/c1-24-10-12-37-35(38-24)43-18-26-16-41(17-27(26)19-43)28-5-4-13-40(14-11-28)31-20-42(21-31)29-7-6-25(22-44)32(15-29)34(47)39(3)30(23-45)8-9-33(46)36-2/h6-7,10,12,15,22-23,26-28,30-31H,4-5,8-9,11,13-14,16-21H2,1-3H3,(H,36,46). The zero-order chi connectivity index (χ0) is 33.1. The van der Waals surface area contributed by atoms with E-state index in [1.54, 1.807) is 19.2 Å². The van der Waals surface area contributed by atoms with Crippen LogP contribution in [0.1, 0.15) is 58.5 Å². The third kappa shape index (κ3) is 7.18. The van der Waals surface area contributed by atoms with Gasteiger partial charge in [0.05, 0.1) is 11.6 Å². The number of amides is 2. The number of hydrogen-bond donors (Lipinski definition) is 1. The number of hydrogen-bond acceptors (Lipinski definition) is 10. The molecular formula is C35H48N8O4. The summed E-state index contributed by atoms with van der Waals surface area (Å²) in [5.41, 5.74) is 2.49. The van der Waals surface area contributed by atoms with Crippen LogP contribution in [0.25, 0.3) is 0 Å². The number of likely N-dealkylation sites (N-methyl/N-ethyl adjacent to an activating group) is 1. The maximum Gasteiger partial charge on any atom is 0.255 e. The minimum absolute atomic E-state index is 0.132. The highest BCUT2D eigenvalue weighted by Crippen LogP contribution is 2.36. The fourth-order valence-electron chi connectivity index (χ4n) is 7.93. The van der Waals surface area contributed by atoms with Gasteiger partial charge in [-0.25, -0.2) is 9.97 Å². The molecule has 12 nitrogen and oxygen atoms in total. The predicted molar refractivity (Wildman–Crippen MR) is 180 cm³/mol. The number of nitrogens with zero attached hydrogens (tertiary/aromatic N) is 7. The van der Waals surface area contributed by atoms with Gasteiger partial charge in [0.25, 0.3) is 5.91 Å². The van der Waals surface area contributed by atoms with Crippen molar-refractivity contribution in [2.75, 3.05) is 76.3 Å². The zero-order valence-electron chi connectivity index (χ0n) is 27.9. The number of anilines is 2. The van der Waals surface area contributed by atoms with Gasteiger partial charge >= 0.3 is 0 Å². The van der Waals surface area contributed by atoms with Crippen LogP contribution in [0.3, 0.4) is 0 Å². The summed E-state index contributed by atoms with van der Waals surface area (Å²) in [5.74, 6) is 1.66. The number of aryl methyl sites for hydroxylation is 1. The average Bonchev–Trinajstić information content (AvgIpc) is 3.55. The fourth-order valence-corrected chi connectivity index (χ4v) is 7.93. The van der Waals surface area contributed by atoms with E-state index >= 15 is 0 Å². The Morgan fingerprint density at radius 3 is 2.43 bits per heavy atom. The Morgan fingerprint density at radius 2 is 1.74 bits per heavy atom. The highest BCUT2D eigenvalue weighted by Gasteiger charge is 2.43. The SMILES string of the molecule is CNC(=O)CCC(C=O)N(C)C(=O)c1cc(N2CC(N3CCCC(N4CC5CN(c6nccc(C)n6)CC5C4)CC3)C2)ccc1C=O. The summed E-state index contributed by atoms with van der Waals surface area (Å²) < 4.78 is 0. The molecule has 4 aliphatic heterocycles. The quantitative estimate of drug-likeness (QED) is 0.363. The van der Waals surface area contributed by atoms with Gasteiger partial charge in [0, 0.05) is 102 Å². The van der Waals surface area contributed by atoms with Crippen molar-refractivity contribution in [3.05, 3.63) is 47.3 Å². The number of nitrogens with one attached hydrogen (secondary N) is 1. The number of likely N-dealkylation sites (tertiary alicyclic amines) is 2. The predicted octanol–water partition coefficient (Wildman–Crippen LogP) is 1.87. The lowest BCUT2D eigenvalue weighted by molar-refractivity contribution is -0.121. The Balaban J connectivity index is 1.00. The first-order chi connectivity index (χ1) is 22.8. The Kier molecular flexibility index (Phi) is 10.2. The van der Waals surface area contributed by atoms with Crippen LogP contribution in [-0.4, -0.2) is 134 Å². The van der Waals surface area contributed by atoms with Crippen LogP contribution in [0.15, 0.2) is 30.5 Å². The van der Waals surface area contributed by atoms with E-state index in [1.165, 1.54) is 44.3 Å². The minimum atomic E-state index is -0.758. The number of fused-ring (bicyclic) bond motifs is 1. The number of aldehydes is 2. The molecule has 47 heavy (non-hydrogen) atoms. The van der Waals surface area contributed by atoms with Gasteiger partial charge in [0.15, 0.2) is 6.29 Å². The molecule has 2 aromatic rings. The molecule has 1 aromatic heterocycles. The van der Waals surface area contributed by atoms with Crippen LogP contribution in [0.5, 0.6) is 0 Å². The van der Waals surface area contributed by atoms with Crippen LogP contribution in [0.4, 0.5) is 11.6 Å². The normalized spacial score (nSPS) is 24.3. The monoisotopic (exact) mass is 644 g/mol. The van der Waals surface area contributed by atoms with Gasteiger partial charge in [0.2, 0.25) is 11.9 Å². The Morgan fingerprint density at radius 1 is 0.979 bits per heavy atom. The van der Waals surface area contributed by atoms with Crippen LogP contribution in [-0.2, 0) is 9.59 Å². The summed E-state index contributed by atoms with van der Waals surface area (Å²) in [6.45, 7) is 10.4. The van der Waals surface area contributed by atoms with Gasteiger partial charge in [-0.05, 0) is 75.3 Å². The lowest BCUT2D eigenvalue weighted by Gasteiger charge is -2.46. The molecule has 1 N–H and O–H groups in total. The number of rotatable bonds is 11. The Bertz CT molecular complexity index is 1450. The lowest BCUT2D eigenvalue weighted by Crippen LogP contribution is -2.60. The van der Waals surface area contributed by atoms with E-state index in [9.17, 15) is 19.2 Å². The number of aromatic nitrogens is 2. The molecule has 6 rings (SSSR count). The van der Waals surface area contributed by atoms with Gasteiger partial charge in [-0.2, -0.15) is 0 Å². The first kappa shape index (κ1) is 33.0. The van der Waals surface area contributed by atoms with E-state index in [1.807, 2.05) is 25.3 Å². The van der Waals surface area contributed by atoms with Crippen molar-refractivity contribution >= 4 is 36.0 Å². The second kappa shape index (κ2) is 14.5. The number of carbonyl (C=O) groups is 4. The smallest absolute Gasteiger partial charge is 0.255 e. The van der Waals surface area contributed by atoms with Crippen molar-refractivity contribution in [1.29, 1.82) is 0 Å². The van der Waals surface area contributed by atoms with Crippen molar-refractivity contribution in [3.8, 4) is 0 Å².